The van der Waals surface area contributed by atoms with E-state index in [1.54, 1.807) is 0 Å². The number of aromatic nitrogens is 1. The van der Waals surface area contributed by atoms with Crippen molar-refractivity contribution in [3.05, 3.63) is 24.0 Å². The molecule has 4 bridgehead atoms. The van der Waals surface area contributed by atoms with Gasteiger partial charge in [-0.3, -0.25) is 0 Å². The van der Waals surface area contributed by atoms with Crippen molar-refractivity contribution in [1.29, 1.82) is 0 Å². The summed E-state index contributed by atoms with van der Waals surface area (Å²) in [5, 5.41) is 10.6. The molecule has 4 aliphatic rings. The van der Waals surface area contributed by atoms with Crippen LogP contribution in [0.5, 0.6) is 0 Å². The first-order valence-corrected chi connectivity index (χ1v) is 7.12. The van der Waals surface area contributed by atoms with Gasteiger partial charge in [-0.25, -0.2) is 0 Å². The normalized spacial score (nSPS) is 45.1. The maximum absolute atomic E-state index is 10.6. The Labute approximate surface area is 102 Å². The number of H-pyrrole nitrogens is 1. The number of hydrogen-bond donors (Lipinski definition) is 2. The Morgan fingerprint density at radius 3 is 2.24 bits per heavy atom. The van der Waals surface area contributed by atoms with Crippen LogP contribution in [0.2, 0.25) is 0 Å². The van der Waals surface area contributed by atoms with E-state index in [0.717, 1.165) is 29.4 Å². The van der Waals surface area contributed by atoms with E-state index in [1.165, 1.54) is 32.1 Å². The Bertz CT molecular complexity index is 369. The molecule has 92 valence electrons. The van der Waals surface area contributed by atoms with E-state index >= 15 is 0 Å². The van der Waals surface area contributed by atoms with Crippen molar-refractivity contribution in [2.75, 3.05) is 0 Å². The lowest BCUT2D eigenvalue weighted by Crippen LogP contribution is -2.47. The topological polar surface area (TPSA) is 36.0 Å². The summed E-state index contributed by atoms with van der Waals surface area (Å²) in [5.41, 5.74) is 1.03. The highest BCUT2D eigenvalue weighted by molar-refractivity contribution is 5.11. The molecule has 17 heavy (non-hydrogen) atoms. The van der Waals surface area contributed by atoms with Gasteiger partial charge < -0.3 is 10.1 Å². The summed E-state index contributed by atoms with van der Waals surface area (Å²) in [4.78, 5) is 3.20. The minimum Gasteiger partial charge on any atom is -0.387 e. The van der Waals surface area contributed by atoms with E-state index in [4.69, 9.17) is 0 Å². The van der Waals surface area contributed by atoms with E-state index in [1.807, 2.05) is 18.3 Å². The molecule has 1 unspecified atom stereocenters. The number of nitrogens with one attached hydrogen (secondary N) is 1. The van der Waals surface area contributed by atoms with Crippen LogP contribution in [-0.4, -0.2) is 10.1 Å². The molecule has 2 heteroatoms. The Kier molecular flexibility index (Phi) is 2.17. The van der Waals surface area contributed by atoms with E-state index in [-0.39, 0.29) is 6.10 Å². The number of aliphatic hydroxyl groups is 1. The Morgan fingerprint density at radius 2 is 1.71 bits per heavy atom. The molecule has 0 aromatic carbocycles. The number of aliphatic hydroxyl groups excluding tert-OH is 1. The SMILES string of the molecule is OC(c1ccc[nH]1)C1C2CC3CC(C2)CC1C3. The van der Waals surface area contributed by atoms with Crippen molar-refractivity contribution in [2.45, 2.75) is 38.2 Å². The molecule has 0 aliphatic heterocycles. The van der Waals surface area contributed by atoms with Gasteiger partial charge in [0.2, 0.25) is 0 Å². The molecule has 0 spiro atoms. The van der Waals surface area contributed by atoms with Crippen molar-refractivity contribution in [2.24, 2.45) is 29.6 Å². The third-order valence-electron chi connectivity index (χ3n) is 5.60. The van der Waals surface area contributed by atoms with E-state index < -0.39 is 0 Å². The molecule has 2 nitrogen and oxygen atoms in total. The zero-order chi connectivity index (χ0) is 11.4. The van der Waals surface area contributed by atoms with Gasteiger partial charge in [-0.05, 0) is 73.8 Å². The van der Waals surface area contributed by atoms with E-state index in [2.05, 4.69) is 4.98 Å². The summed E-state index contributed by atoms with van der Waals surface area (Å²) in [5.74, 6) is 4.10. The molecule has 4 saturated carbocycles. The fourth-order valence-electron chi connectivity index (χ4n) is 5.22. The molecule has 0 amide bonds. The first-order valence-electron chi connectivity index (χ1n) is 7.12. The quantitative estimate of drug-likeness (QED) is 0.806. The Hall–Kier alpha value is -0.760. The highest BCUT2D eigenvalue weighted by Gasteiger charge is 2.50. The van der Waals surface area contributed by atoms with Crippen LogP contribution in [0.4, 0.5) is 0 Å². The zero-order valence-corrected chi connectivity index (χ0v) is 10.2. The van der Waals surface area contributed by atoms with Gasteiger partial charge in [0.15, 0.2) is 0 Å². The molecular formula is C15H21NO. The minimum atomic E-state index is -0.250. The van der Waals surface area contributed by atoms with Crippen LogP contribution in [-0.2, 0) is 0 Å². The summed E-state index contributed by atoms with van der Waals surface area (Å²) < 4.78 is 0. The molecular weight excluding hydrogens is 210 g/mol. The average molecular weight is 231 g/mol. The molecule has 1 aromatic rings. The van der Waals surface area contributed by atoms with Crippen LogP contribution in [0.3, 0.4) is 0 Å². The van der Waals surface area contributed by atoms with Crippen LogP contribution in [0.15, 0.2) is 18.3 Å². The maximum Gasteiger partial charge on any atom is 0.0970 e. The van der Waals surface area contributed by atoms with Crippen molar-refractivity contribution >= 4 is 0 Å². The van der Waals surface area contributed by atoms with Crippen LogP contribution in [0.1, 0.15) is 43.9 Å². The second-order valence-corrected chi connectivity index (χ2v) is 6.58. The lowest BCUT2D eigenvalue weighted by Gasteiger charge is -2.55. The summed E-state index contributed by atoms with van der Waals surface area (Å²) >= 11 is 0. The third-order valence-corrected chi connectivity index (χ3v) is 5.60. The number of rotatable bonds is 2. The highest BCUT2D eigenvalue weighted by atomic mass is 16.3. The first kappa shape index (κ1) is 10.2. The Morgan fingerprint density at radius 1 is 1.06 bits per heavy atom. The smallest absolute Gasteiger partial charge is 0.0970 e. The summed E-state index contributed by atoms with van der Waals surface area (Å²) in [7, 11) is 0. The standard InChI is InChI=1S/C15H21NO/c17-15(13-2-1-3-16-13)14-11-5-9-4-10(7-11)8-12(14)6-9/h1-3,9-12,14-17H,4-8H2. The predicted molar refractivity (Wildman–Crippen MR) is 66.3 cm³/mol. The molecule has 1 aromatic heterocycles. The van der Waals surface area contributed by atoms with Gasteiger partial charge >= 0.3 is 0 Å². The summed E-state index contributed by atoms with van der Waals surface area (Å²) in [6, 6.07) is 4.03. The molecule has 4 aliphatic carbocycles. The lowest BCUT2D eigenvalue weighted by atomic mass is 9.50. The molecule has 0 saturated heterocycles. The largest absolute Gasteiger partial charge is 0.387 e. The molecule has 0 radical (unpaired) electrons. The second kappa shape index (κ2) is 3.61. The van der Waals surface area contributed by atoms with Gasteiger partial charge in [0.25, 0.3) is 0 Å². The second-order valence-electron chi connectivity index (χ2n) is 6.58. The zero-order valence-electron chi connectivity index (χ0n) is 10.2. The average Bonchev–Trinajstić information content (AvgIpc) is 2.80. The highest BCUT2D eigenvalue weighted by Crippen LogP contribution is 2.59. The van der Waals surface area contributed by atoms with Crippen LogP contribution in [0.25, 0.3) is 0 Å². The van der Waals surface area contributed by atoms with Gasteiger partial charge in [0.1, 0.15) is 0 Å². The first-order chi connectivity index (χ1) is 8.31. The Balaban J connectivity index is 1.62. The van der Waals surface area contributed by atoms with Gasteiger partial charge in [0, 0.05) is 11.9 Å². The molecule has 2 N–H and O–H groups in total. The van der Waals surface area contributed by atoms with E-state index in [9.17, 15) is 5.11 Å². The number of aromatic amines is 1. The monoisotopic (exact) mass is 231 g/mol. The van der Waals surface area contributed by atoms with Crippen molar-refractivity contribution in [1.82, 2.24) is 4.98 Å². The van der Waals surface area contributed by atoms with Crippen molar-refractivity contribution in [3.63, 3.8) is 0 Å². The molecule has 1 atom stereocenters. The van der Waals surface area contributed by atoms with Crippen molar-refractivity contribution < 1.29 is 5.11 Å². The summed E-state index contributed by atoms with van der Waals surface area (Å²) in [6.07, 6.45) is 8.70. The van der Waals surface area contributed by atoms with Gasteiger partial charge in [-0.15, -0.1) is 0 Å². The fraction of sp³-hybridized carbons (Fsp3) is 0.733. The van der Waals surface area contributed by atoms with Gasteiger partial charge in [-0.1, -0.05) is 0 Å². The molecule has 5 rings (SSSR count). The summed E-state index contributed by atoms with van der Waals surface area (Å²) in [6.45, 7) is 0. The fourth-order valence-corrected chi connectivity index (χ4v) is 5.22. The third kappa shape index (κ3) is 1.50. The number of hydrogen-bond acceptors (Lipinski definition) is 1. The van der Waals surface area contributed by atoms with Crippen molar-refractivity contribution in [3.8, 4) is 0 Å². The van der Waals surface area contributed by atoms with Crippen LogP contribution < -0.4 is 0 Å². The van der Waals surface area contributed by atoms with Gasteiger partial charge in [-0.2, -0.15) is 0 Å². The van der Waals surface area contributed by atoms with Gasteiger partial charge in [0.05, 0.1) is 6.10 Å². The minimum absolute atomic E-state index is 0.250. The van der Waals surface area contributed by atoms with Crippen LogP contribution in [0, 0.1) is 29.6 Å². The van der Waals surface area contributed by atoms with Crippen LogP contribution >= 0.6 is 0 Å². The lowest BCUT2D eigenvalue weighted by molar-refractivity contribution is -0.0918. The van der Waals surface area contributed by atoms with E-state index in [0.29, 0.717) is 5.92 Å². The predicted octanol–water partition coefficient (Wildman–Crippen LogP) is 3.12. The molecule has 1 heterocycles. The maximum atomic E-state index is 10.6. The molecule has 4 fully saturated rings.